The van der Waals surface area contributed by atoms with Crippen LogP contribution in [0.1, 0.15) is 31.2 Å². The number of benzene rings is 1. The van der Waals surface area contributed by atoms with Crippen LogP contribution in [0, 0.1) is 11.8 Å². The van der Waals surface area contributed by atoms with E-state index in [9.17, 15) is 5.21 Å². The monoisotopic (exact) mass is 256 g/mol. The minimum absolute atomic E-state index is 0.352. The lowest BCUT2D eigenvalue weighted by molar-refractivity contribution is 0.311. The van der Waals surface area contributed by atoms with E-state index in [0.29, 0.717) is 17.9 Å². The van der Waals surface area contributed by atoms with Gasteiger partial charge in [-0.05, 0) is 49.7 Å². The van der Waals surface area contributed by atoms with Crippen LogP contribution in [0.25, 0.3) is 0 Å². The molecule has 0 radical (unpaired) electrons. The Bertz CT molecular complexity index is 525. The highest BCUT2D eigenvalue weighted by Crippen LogP contribution is 2.47. The van der Waals surface area contributed by atoms with Gasteiger partial charge in [-0.15, -0.1) is 0 Å². The van der Waals surface area contributed by atoms with Crippen molar-refractivity contribution >= 4 is 11.4 Å². The maximum Gasteiger partial charge on any atom is 0.0828 e. The normalized spacial score (nSPS) is 34.8. The number of anilines is 1. The number of para-hydroxylation sites is 1. The fourth-order valence-corrected chi connectivity index (χ4v) is 4.46. The Kier molecular flexibility index (Phi) is 2.54. The number of fused-ring (bicyclic) bond motifs is 3. The van der Waals surface area contributed by atoms with Crippen LogP contribution in [0.2, 0.25) is 0 Å². The Morgan fingerprint density at radius 1 is 1.21 bits per heavy atom. The van der Waals surface area contributed by atoms with Gasteiger partial charge in [0.2, 0.25) is 0 Å². The Morgan fingerprint density at radius 3 is 3.00 bits per heavy atom. The zero-order valence-corrected chi connectivity index (χ0v) is 11.1. The summed E-state index contributed by atoms with van der Waals surface area (Å²) in [6.07, 6.45) is 6.13. The van der Waals surface area contributed by atoms with Gasteiger partial charge in [-0.3, -0.25) is 0 Å². The van der Waals surface area contributed by atoms with Gasteiger partial charge in [0.05, 0.1) is 11.8 Å². The van der Waals surface area contributed by atoms with Crippen LogP contribution in [0.5, 0.6) is 0 Å². The van der Waals surface area contributed by atoms with Crippen LogP contribution in [0.15, 0.2) is 29.4 Å². The molecule has 0 saturated heterocycles. The predicted octanol–water partition coefficient (Wildman–Crippen LogP) is 3.07. The third kappa shape index (κ3) is 1.60. The summed E-state index contributed by atoms with van der Waals surface area (Å²) in [5.74, 6) is 1.23. The molecule has 3 heteroatoms. The highest BCUT2D eigenvalue weighted by atomic mass is 16.4. The summed E-state index contributed by atoms with van der Waals surface area (Å²) < 4.78 is 0. The molecule has 1 aromatic rings. The highest BCUT2D eigenvalue weighted by molar-refractivity contribution is 5.97. The van der Waals surface area contributed by atoms with E-state index >= 15 is 0 Å². The molecule has 0 amide bonds. The molecule has 3 atom stereocenters. The maximum atomic E-state index is 9.40. The van der Waals surface area contributed by atoms with E-state index in [1.54, 1.807) is 0 Å². The van der Waals surface area contributed by atoms with E-state index in [1.807, 2.05) is 0 Å². The Morgan fingerprint density at radius 2 is 2.11 bits per heavy atom. The molecule has 3 aliphatic rings. The van der Waals surface area contributed by atoms with Crippen LogP contribution in [0.3, 0.4) is 0 Å². The van der Waals surface area contributed by atoms with Gasteiger partial charge in [0, 0.05) is 18.2 Å². The lowest BCUT2D eigenvalue weighted by atomic mass is 9.89. The van der Waals surface area contributed by atoms with Crippen LogP contribution < -0.4 is 4.90 Å². The molecule has 2 saturated carbocycles. The average molecular weight is 256 g/mol. The van der Waals surface area contributed by atoms with E-state index in [0.717, 1.165) is 12.3 Å². The van der Waals surface area contributed by atoms with Gasteiger partial charge in [-0.2, -0.15) is 0 Å². The number of oxime groups is 1. The molecular formula is C16H20N2O. The summed E-state index contributed by atoms with van der Waals surface area (Å²) in [5.41, 5.74) is 3.87. The van der Waals surface area contributed by atoms with Crippen molar-refractivity contribution in [3.63, 3.8) is 0 Å². The molecule has 2 bridgehead atoms. The topological polar surface area (TPSA) is 35.8 Å². The van der Waals surface area contributed by atoms with Crippen LogP contribution in [-0.2, 0) is 6.42 Å². The van der Waals surface area contributed by atoms with Gasteiger partial charge in [0.25, 0.3) is 0 Å². The van der Waals surface area contributed by atoms with E-state index in [1.165, 1.54) is 43.4 Å². The van der Waals surface area contributed by atoms with Crippen molar-refractivity contribution in [2.45, 2.75) is 38.1 Å². The van der Waals surface area contributed by atoms with Crippen molar-refractivity contribution in [2.24, 2.45) is 17.0 Å². The van der Waals surface area contributed by atoms with E-state index in [2.05, 4.69) is 34.3 Å². The maximum absolute atomic E-state index is 9.40. The first-order valence-electron chi connectivity index (χ1n) is 7.45. The summed E-state index contributed by atoms with van der Waals surface area (Å²) >= 11 is 0. The Hall–Kier alpha value is -1.51. The summed E-state index contributed by atoms with van der Waals surface area (Å²) in [7, 11) is 0. The number of nitrogens with zero attached hydrogens (tertiary/aromatic N) is 2. The van der Waals surface area contributed by atoms with Gasteiger partial charge in [-0.25, -0.2) is 0 Å². The van der Waals surface area contributed by atoms with Gasteiger partial charge in [0.15, 0.2) is 0 Å². The number of hydrogen-bond donors (Lipinski definition) is 1. The predicted molar refractivity (Wildman–Crippen MR) is 75.9 cm³/mol. The summed E-state index contributed by atoms with van der Waals surface area (Å²) in [5, 5.41) is 13.1. The molecule has 0 spiro atoms. The molecule has 4 rings (SSSR count). The molecule has 0 unspecified atom stereocenters. The molecule has 1 heterocycles. The van der Waals surface area contributed by atoms with Gasteiger partial charge in [-0.1, -0.05) is 23.4 Å². The summed E-state index contributed by atoms with van der Waals surface area (Å²) in [4.78, 5) is 2.51. The molecule has 2 aliphatic carbocycles. The zero-order valence-electron chi connectivity index (χ0n) is 11.1. The van der Waals surface area contributed by atoms with Crippen molar-refractivity contribution in [3.8, 4) is 0 Å². The fraction of sp³-hybridized carbons (Fsp3) is 0.562. The SMILES string of the molecule is O/N=C1/[C@H]2CC[C@H](C2)[C@@H]1N1CCCc2ccccc21. The smallest absolute Gasteiger partial charge is 0.0828 e. The molecule has 100 valence electrons. The van der Waals surface area contributed by atoms with Crippen molar-refractivity contribution in [2.75, 3.05) is 11.4 Å². The molecule has 2 fully saturated rings. The third-order valence-corrected chi connectivity index (χ3v) is 5.24. The van der Waals surface area contributed by atoms with Crippen molar-refractivity contribution < 1.29 is 5.21 Å². The first-order valence-corrected chi connectivity index (χ1v) is 7.45. The standard InChI is InChI=1S/C16H20N2O/c19-17-15-12-7-8-13(10-12)16(15)18-9-3-5-11-4-1-2-6-14(11)18/h1-2,4,6,12-13,16,19H,3,5,7-10H2/b17-15-/t12-,13+,16-/m0/s1. The quantitative estimate of drug-likeness (QED) is 0.619. The van der Waals surface area contributed by atoms with E-state index in [-0.39, 0.29) is 0 Å². The first-order chi connectivity index (χ1) is 9.38. The molecule has 1 aliphatic heterocycles. The van der Waals surface area contributed by atoms with Crippen LogP contribution in [0.4, 0.5) is 5.69 Å². The Balaban J connectivity index is 1.74. The van der Waals surface area contributed by atoms with Crippen molar-refractivity contribution in [1.29, 1.82) is 0 Å². The molecule has 1 N–H and O–H groups in total. The van der Waals surface area contributed by atoms with Gasteiger partial charge in [0.1, 0.15) is 0 Å². The Labute approximate surface area is 113 Å². The summed E-state index contributed by atoms with van der Waals surface area (Å²) in [6.45, 7) is 1.10. The highest BCUT2D eigenvalue weighted by Gasteiger charge is 2.48. The average Bonchev–Trinajstić information content (AvgIpc) is 3.07. The number of aryl methyl sites for hydroxylation is 1. The molecule has 1 aromatic carbocycles. The zero-order chi connectivity index (χ0) is 12.8. The van der Waals surface area contributed by atoms with E-state index in [4.69, 9.17) is 0 Å². The lowest BCUT2D eigenvalue weighted by Crippen LogP contribution is -2.47. The van der Waals surface area contributed by atoms with Crippen LogP contribution >= 0.6 is 0 Å². The first kappa shape index (κ1) is 11.3. The minimum Gasteiger partial charge on any atom is -0.411 e. The van der Waals surface area contributed by atoms with E-state index < -0.39 is 0 Å². The number of rotatable bonds is 1. The van der Waals surface area contributed by atoms with Crippen LogP contribution in [-0.4, -0.2) is 23.5 Å². The lowest BCUT2D eigenvalue weighted by Gasteiger charge is -2.40. The van der Waals surface area contributed by atoms with Crippen molar-refractivity contribution in [1.82, 2.24) is 0 Å². The second-order valence-corrected chi connectivity index (χ2v) is 6.17. The largest absolute Gasteiger partial charge is 0.411 e. The molecule has 0 aromatic heterocycles. The van der Waals surface area contributed by atoms with Crippen molar-refractivity contribution in [3.05, 3.63) is 29.8 Å². The second-order valence-electron chi connectivity index (χ2n) is 6.17. The minimum atomic E-state index is 0.352. The third-order valence-electron chi connectivity index (χ3n) is 5.24. The molecule has 3 nitrogen and oxygen atoms in total. The van der Waals surface area contributed by atoms with Gasteiger partial charge >= 0.3 is 0 Å². The second kappa shape index (κ2) is 4.26. The van der Waals surface area contributed by atoms with Gasteiger partial charge < -0.3 is 10.1 Å². The fourth-order valence-electron chi connectivity index (χ4n) is 4.46. The summed E-state index contributed by atoms with van der Waals surface area (Å²) in [6, 6.07) is 9.08. The number of hydrogen-bond acceptors (Lipinski definition) is 3. The molecular weight excluding hydrogens is 236 g/mol. The molecule has 19 heavy (non-hydrogen) atoms.